The summed E-state index contributed by atoms with van der Waals surface area (Å²) >= 11 is 13.1. The number of carbonyl (C=O) groups is 2. The lowest BCUT2D eigenvalue weighted by Gasteiger charge is -2.39. The molecule has 0 aliphatic carbocycles. The Kier molecular flexibility index (Phi) is 10.9. The molecule has 1 aliphatic heterocycles. The van der Waals surface area contributed by atoms with Crippen molar-refractivity contribution in [3.63, 3.8) is 0 Å². The van der Waals surface area contributed by atoms with Crippen LogP contribution in [-0.2, 0) is 16.1 Å². The fourth-order valence-electron chi connectivity index (χ4n) is 4.19. The molecular weight excluding hydrogens is 527 g/mol. The predicted octanol–water partition coefficient (Wildman–Crippen LogP) is 8.27. The van der Waals surface area contributed by atoms with Gasteiger partial charge in [0.15, 0.2) is 0 Å². The monoisotopic (exact) mass is 556 g/mol. The van der Waals surface area contributed by atoms with Crippen LogP contribution in [0.4, 0.5) is 0 Å². The summed E-state index contributed by atoms with van der Waals surface area (Å²) in [5, 5.41) is 11.5. The molecule has 2 unspecified atom stereocenters. The predicted molar refractivity (Wildman–Crippen MR) is 152 cm³/mol. The normalized spacial score (nSPS) is 16.9. The fraction of sp³-hybridized carbons (Fsp3) is 0.276. The van der Waals surface area contributed by atoms with Gasteiger partial charge in [-0.3, -0.25) is 9.59 Å². The molecular formula is C29H30Cl2N2O3S. The first-order valence-corrected chi connectivity index (χ1v) is 13.8. The van der Waals surface area contributed by atoms with Gasteiger partial charge in [-0.2, -0.15) is 0 Å². The highest BCUT2D eigenvalue weighted by Gasteiger charge is 2.37. The number of rotatable bonds is 5. The van der Waals surface area contributed by atoms with E-state index in [2.05, 4.69) is 4.98 Å². The molecule has 0 radical (unpaired) electrons. The molecule has 194 valence electrons. The van der Waals surface area contributed by atoms with E-state index >= 15 is 0 Å². The average molecular weight is 558 g/mol. The molecule has 5 rings (SSSR count). The number of piperidine rings is 1. The number of likely N-dealkylation sites (tertiary alicyclic amines) is 1. The van der Waals surface area contributed by atoms with Crippen LogP contribution in [0.5, 0.6) is 0 Å². The number of aliphatic carboxylic acids is 1. The largest absolute Gasteiger partial charge is 0.481 e. The number of benzene rings is 3. The van der Waals surface area contributed by atoms with Gasteiger partial charge in [0, 0.05) is 16.0 Å². The number of halogens is 2. The zero-order chi connectivity index (χ0) is 26.8. The highest BCUT2D eigenvalue weighted by molar-refractivity contribution is 7.18. The smallest absolute Gasteiger partial charge is 0.304 e. The highest BCUT2D eigenvalue weighted by Crippen LogP contribution is 2.37. The van der Waals surface area contributed by atoms with Crippen molar-refractivity contribution in [3.05, 3.63) is 99.5 Å². The lowest BCUT2D eigenvalue weighted by atomic mass is 9.86. The van der Waals surface area contributed by atoms with Crippen LogP contribution in [0.25, 0.3) is 10.2 Å². The van der Waals surface area contributed by atoms with Gasteiger partial charge in [0.25, 0.3) is 0 Å². The van der Waals surface area contributed by atoms with E-state index in [1.54, 1.807) is 16.2 Å². The maximum atomic E-state index is 13.1. The van der Waals surface area contributed by atoms with Gasteiger partial charge in [-0.15, -0.1) is 11.3 Å². The van der Waals surface area contributed by atoms with E-state index in [1.807, 2.05) is 92.7 Å². The molecule has 1 fully saturated rings. The molecule has 0 saturated carbocycles. The van der Waals surface area contributed by atoms with Crippen molar-refractivity contribution in [1.29, 1.82) is 0 Å². The second-order valence-electron chi connectivity index (χ2n) is 8.28. The van der Waals surface area contributed by atoms with Crippen LogP contribution in [0.15, 0.2) is 78.9 Å². The first-order valence-electron chi connectivity index (χ1n) is 12.2. The molecule has 1 saturated heterocycles. The number of carboxylic acids is 1. The lowest BCUT2D eigenvalue weighted by molar-refractivity contribution is -0.149. The third-order valence-corrected chi connectivity index (χ3v) is 7.37. The number of aromatic nitrogens is 1. The zero-order valence-corrected chi connectivity index (χ0v) is 23.1. The Morgan fingerprint density at radius 1 is 0.946 bits per heavy atom. The molecule has 4 aromatic rings. The minimum absolute atomic E-state index is 0.109. The second kappa shape index (κ2) is 14.1. The standard InChI is InChI=1S/C21H19ClN2O3S.C6H5Cl.C2H6/c22-15-8-5-13(6-9-15)17-10-7-14(11-20(25)26)21(27)24(17)12-19-23-16-3-1-2-4-18(16)28-19;7-6-4-2-1-3-5-6;1-2/h1-6,8-9,14,17H,7,10-12H2,(H,25,26);1-5H;1-2H3. The summed E-state index contributed by atoms with van der Waals surface area (Å²) < 4.78 is 1.08. The Bertz CT molecular complexity index is 1260. The summed E-state index contributed by atoms with van der Waals surface area (Å²) in [6.45, 7) is 4.38. The van der Waals surface area contributed by atoms with E-state index in [9.17, 15) is 14.7 Å². The molecule has 5 nitrogen and oxygen atoms in total. The molecule has 2 atom stereocenters. The summed E-state index contributed by atoms with van der Waals surface area (Å²) in [5.74, 6) is -1.55. The quantitative estimate of drug-likeness (QED) is 0.268. The number of carbonyl (C=O) groups excluding carboxylic acids is 1. The van der Waals surface area contributed by atoms with Crippen molar-refractivity contribution in [1.82, 2.24) is 9.88 Å². The molecule has 37 heavy (non-hydrogen) atoms. The first-order chi connectivity index (χ1) is 17.9. The number of hydrogen-bond acceptors (Lipinski definition) is 4. The van der Waals surface area contributed by atoms with Gasteiger partial charge in [0.05, 0.1) is 29.2 Å². The van der Waals surface area contributed by atoms with Crippen LogP contribution in [-0.4, -0.2) is 26.9 Å². The number of fused-ring (bicyclic) bond motifs is 1. The molecule has 2 heterocycles. The van der Waals surface area contributed by atoms with Gasteiger partial charge < -0.3 is 10.0 Å². The number of hydrogen-bond donors (Lipinski definition) is 1. The highest BCUT2D eigenvalue weighted by atomic mass is 35.5. The molecule has 8 heteroatoms. The molecule has 0 spiro atoms. The van der Waals surface area contributed by atoms with Crippen molar-refractivity contribution in [2.75, 3.05) is 0 Å². The zero-order valence-electron chi connectivity index (χ0n) is 20.8. The topological polar surface area (TPSA) is 70.5 Å². The Labute approximate surface area is 231 Å². The van der Waals surface area contributed by atoms with Gasteiger partial charge in [-0.05, 0) is 54.8 Å². The summed E-state index contributed by atoms with van der Waals surface area (Å²) in [7, 11) is 0. The van der Waals surface area contributed by atoms with Gasteiger partial charge in [-0.25, -0.2) is 4.98 Å². The Morgan fingerprint density at radius 2 is 1.57 bits per heavy atom. The third-order valence-electron chi connectivity index (χ3n) is 5.85. The van der Waals surface area contributed by atoms with E-state index in [-0.39, 0.29) is 18.4 Å². The van der Waals surface area contributed by atoms with Crippen molar-refractivity contribution in [2.45, 2.75) is 45.7 Å². The van der Waals surface area contributed by atoms with Gasteiger partial charge >= 0.3 is 5.97 Å². The van der Waals surface area contributed by atoms with Crippen molar-refractivity contribution < 1.29 is 14.7 Å². The summed E-state index contributed by atoms with van der Waals surface area (Å²) in [5.41, 5.74) is 1.92. The second-order valence-corrected chi connectivity index (χ2v) is 10.3. The number of carboxylic acid groups (broad SMARTS) is 1. The van der Waals surface area contributed by atoms with E-state index in [0.717, 1.165) is 32.2 Å². The number of thiazole rings is 1. The maximum absolute atomic E-state index is 13.1. The van der Waals surface area contributed by atoms with Crippen molar-refractivity contribution in [2.24, 2.45) is 5.92 Å². The van der Waals surface area contributed by atoms with E-state index in [4.69, 9.17) is 23.2 Å². The maximum Gasteiger partial charge on any atom is 0.304 e. The van der Waals surface area contributed by atoms with Crippen LogP contribution in [0.3, 0.4) is 0 Å². The first kappa shape index (κ1) is 28.6. The lowest BCUT2D eigenvalue weighted by Crippen LogP contribution is -2.43. The van der Waals surface area contributed by atoms with Crippen LogP contribution < -0.4 is 0 Å². The van der Waals surface area contributed by atoms with Crippen molar-refractivity contribution in [3.8, 4) is 0 Å². The summed E-state index contributed by atoms with van der Waals surface area (Å²) in [6.07, 6.45) is 1.15. The minimum Gasteiger partial charge on any atom is -0.481 e. The molecule has 0 bridgehead atoms. The molecule has 1 N–H and O–H groups in total. The minimum atomic E-state index is -0.941. The van der Waals surface area contributed by atoms with Crippen molar-refractivity contribution >= 4 is 56.6 Å². The SMILES string of the molecule is CC.Clc1ccccc1.O=C(O)CC1CCC(c2ccc(Cl)cc2)N(Cc2nc3ccccc3s2)C1=O. The van der Waals surface area contributed by atoms with E-state index < -0.39 is 11.9 Å². The Balaban J connectivity index is 0.000000361. The molecule has 1 aromatic heterocycles. The van der Waals surface area contributed by atoms with Crippen LogP contribution in [0, 0.1) is 5.92 Å². The summed E-state index contributed by atoms with van der Waals surface area (Å²) in [4.78, 5) is 30.8. The number of para-hydroxylation sites is 1. The Hall–Kier alpha value is -2.93. The molecule has 1 amide bonds. The van der Waals surface area contributed by atoms with E-state index in [0.29, 0.717) is 18.0 Å². The van der Waals surface area contributed by atoms with Gasteiger partial charge in [0.1, 0.15) is 5.01 Å². The average Bonchev–Trinajstić information content (AvgIpc) is 3.32. The summed E-state index contributed by atoms with van der Waals surface area (Å²) in [6, 6.07) is 24.7. The van der Waals surface area contributed by atoms with Gasteiger partial charge in [-0.1, -0.05) is 79.5 Å². The third kappa shape index (κ3) is 8.03. The number of nitrogens with zero attached hydrogens (tertiary/aromatic N) is 2. The Morgan fingerprint density at radius 3 is 2.16 bits per heavy atom. The van der Waals surface area contributed by atoms with Gasteiger partial charge in [0.2, 0.25) is 5.91 Å². The number of amides is 1. The molecule has 1 aliphatic rings. The van der Waals surface area contributed by atoms with Crippen LogP contribution in [0.1, 0.15) is 49.7 Å². The van der Waals surface area contributed by atoms with E-state index in [1.165, 1.54) is 0 Å². The van der Waals surface area contributed by atoms with Crippen LogP contribution >= 0.6 is 34.5 Å². The molecule has 3 aromatic carbocycles. The fourth-order valence-corrected chi connectivity index (χ4v) is 5.43. The van der Waals surface area contributed by atoms with Crippen LogP contribution in [0.2, 0.25) is 10.0 Å².